The summed E-state index contributed by atoms with van der Waals surface area (Å²) in [5.41, 5.74) is 5.83. The number of phenolic OH excluding ortho intramolecular Hbond substituents is 1. The van der Waals surface area contributed by atoms with Gasteiger partial charge in [-0.25, -0.2) is 4.79 Å². The first kappa shape index (κ1) is 29.3. The summed E-state index contributed by atoms with van der Waals surface area (Å²) in [6, 6.07) is 2.05. The van der Waals surface area contributed by atoms with Crippen LogP contribution in [0.4, 0.5) is 0 Å². The molecule has 0 radical (unpaired) electrons. The van der Waals surface area contributed by atoms with Gasteiger partial charge < -0.3 is 42.3 Å². The third-order valence-corrected chi connectivity index (χ3v) is 4.79. The van der Waals surface area contributed by atoms with E-state index in [0.29, 0.717) is 12.0 Å². The molecule has 194 valence electrons. The first-order valence-corrected chi connectivity index (χ1v) is 10.9. The van der Waals surface area contributed by atoms with Gasteiger partial charge in [0, 0.05) is 6.42 Å². The highest BCUT2D eigenvalue weighted by Crippen LogP contribution is 2.12. The minimum absolute atomic E-state index is 0.00889. The van der Waals surface area contributed by atoms with Crippen molar-refractivity contribution in [3.8, 4) is 5.75 Å². The zero-order chi connectivity index (χ0) is 26.5. The van der Waals surface area contributed by atoms with Gasteiger partial charge >= 0.3 is 5.97 Å². The standard InChI is InChI=1S/C22H33N5O8/c1-12(2)7-15(25-18(30)9-23)20(32)24-10-19(31)26-16(8-13-3-5-14(29)6-4-13)21(33)27-17(11-28)22(34)35/h3-6,12,15-17,28-29H,7-11,23H2,1-2H3,(H,24,32)(H,25,30)(H,26,31)(H,27,33)(H,34,35)/t15-,16-,17-/m0/s1. The Balaban J connectivity index is 2.88. The number of phenols is 1. The van der Waals surface area contributed by atoms with E-state index in [2.05, 4.69) is 21.3 Å². The molecule has 3 atom stereocenters. The van der Waals surface area contributed by atoms with Crippen molar-refractivity contribution < 1.29 is 39.3 Å². The average Bonchev–Trinajstić information content (AvgIpc) is 2.80. The van der Waals surface area contributed by atoms with Crippen molar-refractivity contribution >= 4 is 29.6 Å². The molecule has 0 aliphatic heterocycles. The molecule has 0 aliphatic carbocycles. The van der Waals surface area contributed by atoms with Gasteiger partial charge in [-0.05, 0) is 30.0 Å². The minimum Gasteiger partial charge on any atom is -0.508 e. The monoisotopic (exact) mass is 495 g/mol. The van der Waals surface area contributed by atoms with Crippen LogP contribution in [-0.2, 0) is 30.4 Å². The van der Waals surface area contributed by atoms with Crippen LogP contribution in [0.25, 0.3) is 0 Å². The number of aliphatic carboxylic acids is 1. The summed E-state index contributed by atoms with van der Waals surface area (Å²) >= 11 is 0. The summed E-state index contributed by atoms with van der Waals surface area (Å²) in [7, 11) is 0. The summed E-state index contributed by atoms with van der Waals surface area (Å²) in [5.74, 6) is -4.17. The van der Waals surface area contributed by atoms with E-state index in [1.807, 2.05) is 13.8 Å². The Morgan fingerprint density at radius 3 is 2.00 bits per heavy atom. The Morgan fingerprint density at radius 1 is 0.886 bits per heavy atom. The maximum Gasteiger partial charge on any atom is 0.328 e. The Labute approximate surface area is 202 Å². The van der Waals surface area contributed by atoms with E-state index in [-0.39, 0.29) is 24.6 Å². The highest BCUT2D eigenvalue weighted by molar-refractivity contribution is 5.93. The molecule has 9 N–H and O–H groups in total. The number of hydrogen-bond donors (Lipinski definition) is 8. The molecule has 1 aromatic rings. The van der Waals surface area contributed by atoms with Crippen molar-refractivity contribution in [2.75, 3.05) is 19.7 Å². The fourth-order valence-electron chi connectivity index (χ4n) is 3.03. The lowest BCUT2D eigenvalue weighted by molar-refractivity contribution is -0.143. The number of rotatable bonds is 14. The summed E-state index contributed by atoms with van der Waals surface area (Å²) in [5, 5.41) is 37.1. The molecule has 13 nitrogen and oxygen atoms in total. The number of carboxylic acid groups (broad SMARTS) is 1. The number of nitrogens with one attached hydrogen (secondary N) is 4. The van der Waals surface area contributed by atoms with Crippen LogP contribution < -0.4 is 27.0 Å². The molecule has 1 rings (SSSR count). The molecule has 13 heteroatoms. The lowest BCUT2D eigenvalue weighted by Gasteiger charge is -2.22. The molecule has 0 saturated carbocycles. The number of nitrogens with two attached hydrogens (primary N) is 1. The van der Waals surface area contributed by atoms with Crippen LogP contribution in [0.3, 0.4) is 0 Å². The van der Waals surface area contributed by atoms with Crippen molar-refractivity contribution in [1.82, 2.24) is 21.3 Å². The normalized spacial score (nSPS) is 13.3. The van der Waals surface area contributed by atoms with Crippen molar-refractivity contribution in [3.05, 3.63) is 29.8 Å². The molecule has 0 aliphatic rings. The summed E-state index contributed by atoms with van der Waals surface area (Å²) < 4.78 is 0. The Hall–Kier alpha value is -3.71. The van der Waals surface area contributed by atoms with Crippen LogP contribution in [0.1, 0.15) is 25.8 Å². The summed E-state index contributed by atoms with van der Waals surface area (Å²) in [6.07, 6.45) is 0.245. The average molecular weight is 496 g/mol. The van der Waals surface area contributed by atoms with Gasteiger partial charge in [0.05, 0.1) is 19.7 Å². The largest absolute Gasteiger partial charge is 0.508 e. The van der Waals surface area contributed by atoms with E-state index >= 15 is 0 Å². The van der Waals surface area contributed by atoms with E-state index in [1.54, 1.807) is 0 Å². The van der Waals surface area contributed by atoms with Crippen LogP contribution >= 0.6 is 0 Å². The van der Waals surface area contributed by atoms with Gasteiger partial charge in [0.2, 0.25) is 23.6 Å². The molecule has 0 aromatic heterocycles. The number of aliphatic hydroxyl groups excluding tert-OH is 1. The highest BCUT2D eigenvalue weighted by atomic mass is 16.4. The summed E-state index contributed by atoms with van der Waals surface area (Å²) in [6.45, 7) is 2.02. The van der Waals surface area contributed by atoms with Crippen LogP contribution in [-0.4, -0.2) is 82.7 Å². The second-order valence-electron chi connectivity index (χ2n) is 8.24. The third-order valence-electron chi connectivity index (χ3n) is 4.79. The molecule has 0 unspecified atom stereocenters. The quantitative estimate of drug-likeness (QED) is 0.137. The molecular formula is C22H33N5O8. The molecule has 4 amide bonds. The molecular weight excluding hydrogens is 462 g/mol. The number of carbonyl (C=O) groups excluding carboxylic acids is 4. The van der Waals surface area contributed by atoms with Crippen molar-refractivity contribution in [2.45, 2.75) is 44.8 Å². The van der Waals surface area contributed by atoms with Crippen molar-refractivity contribution in [1.29, 1.82) is 0 Å². The zero-order valence-electron chi connectivity index (χ0n) is 19.6. The van der Waals surface area contributed by atoms with Crippen LogP contribution in [0.2, 0.25) is 0 Å². The van der Waals surface area contributed by atoms with Crippen LogP contribution in [0, 0.1) is 5.92 Å². The van der Waals surface area contributed by atoms with E-state index in [9.17, 15) is 34.2 Å². The first-order valence-electron chi connectivity index (χ1n) is 10.9. The zero-order valence-corrected chi connectivity index (χ0v) is 19.6. The van der Waals surface area contributed by atoms with Crippen LogP contribution in [0.5, 0.6) is 5.75 Å². The lowest BCUT2D eigenvalue weighted by atomic mass is 10.0. The minimum atomic E-state index is -1.58. The van der Waals surface area contributed by atoms with E-state index < -0.39 is 60.9 Å². The number of carbonyl (C=O) groups is 5. The third kappa shape index (κ3) is 10.8. The smallest absolute Gasteiger partial charge is 0.328 e. The predicted octanol–water partition coefficient (Wildman–Crippen LogP) is -2.41. The number of hydrogen-bond acceptors (Lipinski definition) is 8. The SMILES string of the molecule is CC(C)C[C@H](NC(=O)CN)C(=O)NCC(=O)N[C@@H](Cc1ccc(O)cc1)C(=O)N[C@@H](CO)C(=O)O. The van der Waals surface area contributed by atoms with Gasteiger partial charge in [-0.2, -0.15) is 0 Å². The molecule has 0 saturated heterocycles. The van der Waals surface area contributed by atoms with Gasteiger partial charge in [-0.15, -0.1) is 0 Å². The van der Waals surface area contributed by atoms with Crippen molar-refractivity contribution in [2.24, 2.45) is 11.7 Å². The highest BCUT2D eigenvalue weighted by Gasteiger charge is 2.27. The molecule has 1 aromatic carbocycles. The van der Waals surface area contributed by atoms with Gasteiger partial charge in [0.25, 0.3) is 0 Å². The van der Waals surface area contributed by atoms with Crippen LogP contribution in [0.15, 0.2) is 24.3 Å². The second-order valence-corrected chi connectivity index (χ2v) is 8.24. The second kappa shape index (κ2) is 14.5. The fraction of sp³-hybridized carbons (Fsp3) is 0.500. The maximum absolute atomic E-state index is 12.6. The van der Waals surface area contributed by atoms with E-state index in [4.69, 9.17) is 10.8 Å². The molecule has 35 heavy (non-hydrogen) atoms. The van der Waals surface area contributed by atoms with Crippen molar-refractivity contribution in [3.63, 3.8) is 0 Å². The fourth-order valence-corrected chi connectivity index (χ4v) is 3.03. The molecule has 0 spiro atoms. The van der Waals surface area contributed by atoms with Gasteiger partial charge in [-0.3, -0.25) is 19.2 Å². The number of amides is 4. The molecule has 0 bridgehead atoms. The lowest BCUT2D eigenvalue weighted by Crippen LogP contribution is -2.55. The number of aliphatic hydroxyl groups is 1. The number of carboxylic acids is 1. The van der Waals surface area contributed by atoms with Gasteiger partial charge in [0.1, 0.15) is 23.9 Å². The Bertz CT molecular complexity index is 890. The number of aromatic hydroxyl groups is 1. The Kier molecular flexibility index (Phi) is 12.2. The van der Waals surface area contributed by atoms with E-state index in [1.165, 1.54) is 24.3 Å². The Morgan fingerprint density at radius 2 is 1.49 bits per heavy atom. The maximum atomic E-state index is 12.6. The molecule has 0 fully saturated rings. The first-order chi connectivity index (χ1) is 16.5. The molecule has 0 heterocycles. The van der Waals surface area contributed by atoms with Gasteiger partial charge in [0.15, 0.2) is 0 Å². The topological polar surface area (TPSA) is 220 Å². The number of benzene rings is 1. The predicted molar refractivity (Wildman–Crippen MR) is 124 cm³/mol. The van der Waals surface area contributed by atoms with E-state index in [0.717, 1.165) is 0 Å². The summed E-state index contributed by atoms with van der Waals surface area (Å²) in [4.78, 5) is 60.4. The van der Waals surface area contributed by atoms with Gasteiger partial charge in [-0.1, -0.05) is 26.0 Å².